The van der Waals surface area contributed by atoms with E-state index in [9.17, 15) is 9.59 Å². The Morgan fingerprint density at radius 3 is 2.58 bits per heavy atom. The Bertz CT molecular complexity index is 858. The predicted molar refractivity (Wildman–Crippen MR) is 97.7 cm³/mol. The second-order valence-electron chi connectivity index (χ2n) is 6.62. The minimum absolute atomic E-state index is 0.204. The summed E-state index contributed by atoms with van der Waals surface area (Å²) in [5.74, 6) is 0.445. The molecule has 0 aliphatic carbocycles. The number of anilines is 2. The van der Waals surface area contributed by atoms with Crippen molar-refractivity contribution in [1.82, 2.24) is 14.1 Å². The molecule has 0 bridgehead atoms. The van der Waals surface area contributed by atoms with Crippen LogP contribution in [0.5, 0.6) is 0 Å². The summed E-state index contributed by atoms with van der Waals surface area (Å²) < 4.78 is 2.58. The van der Waals surface area contributed by atoms with Gasteiger partial charge in [-0.2, -0.15) is 0 Å². The molecule has 1 fully saturated rings. The molecule has 0 aromatic carbocycles. The number of rotatable bonds is 4. The van der Waals surface area contributed by atoms with Crippen LogP contribution in [0.3, 0.4) is 0 Å². The fraction of sp³-hybridized carbons (Fsp3) is 0.562. The van der Waals surface area contributed by atoms with Crippen molar-refractivity contribution in [2.45, 2.75) is 33.2 Å². The molecule has 3 heterocycles. The second-order valence-corrected chi connectivity index (χ2v) is 7.46. The molecule has 24 heavy (non-hydrogen) atoms. The van der Waals surface area contributed by atoms with Crippen molar-refractivity contribution in [2.75, 3.05) is 23.7 Å². The molecule has 0 atom stereocenters. The standard InChI is InChI=1S/C16H23N5O2S/c1-10(2)8-21-13(17)12(14(22)19(3)16(21)23)11-9-24-15(18-11)20-6-4-5-7-20/h9-10H,4-8,17H2,1-3H3. The van der Waals surface area contributed by atoms with Gasteiger partial charge in [-0.3, -0.25) is 13.9 Å². The molecule has 0 spiro atoms. The molecule has 0 saturated carbocycles. The first kappa shape index (κ1) is 16.8. The Hall–Kier alpha value is -2.09. The first-order valence-corrected chi connectivity index (χ1v) is 9.08. The molecule has 1 aliphatic heterocycles. The number of aromatic nitrogens is 3. The minimum atomic E-state index is -0.393. The van der Waals surface area contributed by atoms with Gasteiger partial charge in [0.2, 0.25) is 0 Å². The van der Waals surface area contributed by atoms with E-state index >= 15 is 0 Å². The van der Waals surface area contributed by atoms with E-state index in [1.54, 1.807) is 0 Å². The second kappa shape index (κ2) is 6.43. The highest BCUT2D eigenvalue weighted by atomic mass is 32.1. The van der Waals surface area contributed by atoms with E-state index in [0.717, 1.165) is 35.6 Å². The highest BCUT2D eigenvalue weighted by Crippen LogP contribution is 2.30. The highest BCUT2D eigenvalue weighted by molar-refractivity contribution is 7.14. The molecule has 2 aromatic rings. The van der Waals surface area contributed by atoms with Gasteiger partial charge in [-0.25, -0.2) is 9.78 Å². The lowest BCUT2D eigenvalue weighted by Crippen LogP contribution is -2.41. The highest BCUT2D eigenvalue weighted by Gasteiger charge is 2.22. The van der Waals surface area contributed by atoms with Gasteiger partial charge in [0.05, 0.1) is 5.69 Å². The van der Waals surface area contributed by atoms with Crippen molar-refractivity contribution in [1.29, 1.82) is 0 Å². The van der Waals surface area contributed by atoms with Crippen LogP contribution < -0.4 is 21.9 Å². The molecule has 8 heteroatoms. The summed E-state index contributed by atoms with van der Waals surface area (Å²) >= 11 is 1.51. The summed E-state index contributed by atoms with van der Waals surface area (Å²) in [6.45, 7) is 6.46. The van der Waals surface area contributed by atoms with Gasteiger partial charge in [-0.15, -0.1) is 11.3 Å². The number of nitrogen functional groups attached to an aromatic ring is 1. The molecule has 2 N–H and O–H groups in total. The van der Waals surface area contributed by atoms with Crippen molar-refractivity contribution in [3.05, 3.63) is 26.2 Å². The zero-order chi connectivity index (χ0) is 17.4. The number of nitrogens with zero attached hydrogens (tertiary/aromatic N) is 4. The molecular formula is C16H23N5O2S. The zero-order valence-corrected chi connectivity index (χ0v) is 15.1. The first-order valence-electron chi connectivity index (χ1n) is 8.20. The van der Waals surface area contributed by atoms with Gasteiger partial charge in [0.15, 0.2) is 5.13 Å². The van der Waals surface area contributed by atoms with Crippen molar-refractivity contribution in [3.63, 3.8) is 0 Å². The summed E-state index contributed by atoms with van der Waals surface area (Å²) in [4.78, 5) is 31.8. The normalized spacial score (nSPS) is 14.8. The van der Waals surface area contributed by atoms with Crippen LogP contribution in [-0.2, 0) is 13.6 Å². The first-order chi connectivity index (χ1) is 11.4. The molecule has 7 nitrogen and oxygen atoms in total. The van der Waals surface area contributed by atoms with Crippen molar-refractivity contribution < 1.29 is 0 Å². The van der Waals surface area contributed by atoms with Crippen LogP contribution in [0, 0.1) is 5.92 Å². The molecule has 2 aromatic heterocycles. The Kier molecular flexibility index (Phi) is 4.49. The van der Waals surface area contributed by atoms with Gasteiger partial charge in [0, 0.05) is 32.1 Å². The summed E-state index contributed by atoms with van der Waals surface area (Å²) in [6, 6.07) is 0. The van der Waals surface area contributed by atoms with Gasteiger partial charge in [0.1, 0.15) is 11.4 Å². The van der Waals surface area contributed by atoms with Gasteiger partial charge < -0.3 is 10.6 Å². The van der Waals surface area contributed by atoms with E-state index in [-0.39, 0.29) is 17.4 Å². The fourth-order valence-electron chi connectivity index (χ4n) is 3.00. The lowest BCUT2D eigenvalue weighted by Gasteiger charge is -2.16. The Labute approximate surface area is 144 Å². The number of hydrogen-bond donors (Lipinski definition) is 1. The van der Waals surface area contributed by atoms with Crippen LogP contribution in [-0.4, -0.2) is 27.2 Å². The van der Waals surface area contributed by atoms with E-state index in [0.29, 0.717) is 17.8 Å². The third-order valence-electron chi connectivity index (χ3n) is 4.26. The molecule has 3 rings (SSSR count). The Morgan fingerprint density at radius 1 is 1.29 bits per heavy atom. The average molecular weight is 349 g/mol. The monoisotopic (exact) mass is 349 g/mol. The Morgan fingerprint density at radius 2 is 1.96 bits per heavy atom. The smallest absolute Gasteiger partial charge is 0.332 e. The van der Waals surface area contributed by atoms with Crippen molar-refractivity contribution in [3.8, 4) is 11.3 Å². The zero-order valence-electron chi connectivity index (χ0n) is 14.3. The van der Waals surface area contributed by atoms with E-state index in [1.165, 1.54) is 23.0 Å². The molecule has 0 unspecified atom stereocenters. The van der Waals surface area contributed by atoms with E-state index in [4.69, 9.17) is 5.73 Å². The Balaban J connectivity index is 2.12. The maximum atomic E-state index is 12.6. The van der Waals surface area contributed by atoms with E-state index < -0.39 is 5.56 Å². The average Bonchev–Trinajstić information content (AvgIpc) is 3.20. The quantitative estimate of drug-likeness (QED) is 0.904. The third kappa shape index (κ3) is 2.86. The van der Waals surface area contributed by atoms with E-state index in [2.05, 4.69) is 9.88 Å². The van der Waals surface area contributed by atoms with Gasteiger partial charge >= 0.3 is 5.69 Å². The molecule has 1 aliphatic rings. The molecular weight excluding hydrogens is 326 g/mol. The van der Waals surface area contributed by atoms with Gasteiger partial charge in [-0.05, 0) is 18.8 Å². The maximum Gasteiger partial charge on any atom is 0.332 e. The molecule has 0 radical (unpaired) electrons. The largest absolute Gasteiger partial charge is 0.384 e. The summed E-state index contributed by atoms with van der Waals surface area (Å²) in [7, 11) is 1.48. The van der Waals surface area contributed by atoms with Crippen molar-refractivity contribution in [2.24, 2.45) is 13.0 Å². The summed E-state index contributed by atoms with van der Waals surface area (Å²) in [6.07, 6.45) is 2.33. The topological polar surface area (TPSA) is 86.2 Å². The summed E-state index contributed by atoms with van der Waals surface area (Å²) in [5, 5.41) is 2.76. The lowest BCUT2D eigenvalue weighted by atomic mass is 10.2. The predicted octanol–water partition coefficient (Wildman–Crippen LogP) is 1.51. The fourth-order valence-corrected chi connectivity index (χ4v) is 3.87. The van der Waals surface area contributed by atoms with Crippen LogP contribution in [0.4, 0.5) is 10.9 Å². The van der Waals surface area contributed by atoms with E-state index in [1.807, 2.05) is 19.2 Å². The van der Waals surface area contributed by atoms with Crippen LogP contribution in [0.1, 0.15) is 26.7 Å². The SMILES string of the molecule is CC(C)Cn1c(N)c(-c2csc(N3CCCC3)n2)c(=O)n(C)c1=O. The number of thiazole rings is 1. The third-order valence-corrected chi connectivity index (χ3v) is 5.16. The van der Waals surface area contributed by atoms with Crippen LogP contribution in [0.15, 0.2) is 15.0 Å². The van der Waals surface area contributed by atoms with Crippen LogP contribution in [0.2, 0.25) is 0 Å². The number of nitrogens with two attached hydrogens (primary N) is 1. The summed E-state index contributed by atoms with van der Waals surface area (Å²) in [5.41, 5.74) is 6.29. The number of hydrogen-bond acceptors (Lipinski definition) is 6. The van der Waals surface area contributed by atoms with Gasteiger partial charge in [-0.1, -0.05) is 13.8 Å². The maximum absolute atomic E-state index is 12.6. The minimum Gasteiger partial charge on any atom is -0.384 e. The van der Waals surface area contributed by atoms with Crippen molar-refractivity contribution >= 4 is 22.3 Å². The molecule has 0 amide bonds. The van der Waals surface area contributed by atoms with Crippen LogP contribution in [0.25, 0.3) is 11.3 Å². The van der Waals surface area contributed by atoms with Crippen LogP contribution >= 0.6 is 11.3 Å². The lowest BCUT2D eigenvalue weighted by molar-refractivity contribution is 0.494. The molecule has 1 saturated heterocycles. The molecule has 130 valence electrons. The van der Waals surface area contributed by atoms with Gasteiger partial charge in [0.25, 0.3) is 5.56 Å².